The molecule has 5 nitrogen and oxygen atoms in total. The average Bonchev–Trinajstić information content (AvgIpc) is 2.69. The highest BCUT2D eigenvalue weighted by Crippen LogP contribution is 2.18. The van der Waals surface area contributed by atoms with E-state index in [1.807, 2.05) is 13.8 Å². The maximum Gasteiger partial charge on any atom is 0.232 e. The maximum atomic E-state index is 11.6. The summed E-state index contributed by atoms with van der Waals surface area (Å²) in [5.74, 6) is -0.638. The van der Waals surface area contributed by atoms with Crippen LogP contribution in [0.5, 0.6) is 0 Å². The lowest BCUT2D eigenvalue weighted by Crippen LogP contribution is -2.35. The third-order valence-electron chi connectivity index (χ3n) is 3.13. The van der Waals surface area contributed by atoms with E-state index in [4.69, 9.17) is 0 Å². The first-order valence-electron chi connectivity index (χ1n) is 7.67. The Morgan fingerprint density at radius 3 is 2.45 bits per heavy atom. The van der Waals surface area contributed by atoms with Crippen molar-refractivity contribution in [2.24, 2.45) is 5.92 Å². The van der Waals surface area contributed by atoms with Gasteiger partial charge in [-0.3, -0.25) is 19.3 Å². The Labute approximate surface area is 122 Å². The molecule has 0 aromatic heterocycles. The fourth-order valence-corrected chi connectivity index (χ4v) is 1.99. The van der Waals surface area contributed by atoms with Gasteiger partial charge in [-0.1, -0.05) is 40.5 Å². The molecule has 1 atom stereocenters. The number of hydrogen-bond donors (Lipinski definition) is 1. The summed E-state index contributed by atoms with van der Waals surface area (Å²) in [7, 11) is 0. The van der Waals surface area contributed by atoms with Crippen molar-refractivity contribution in [2.75, 3.05) is 13.1 Å². The molecule has 0 aromatic carbocycles. The number of unbranched alkanes of at least 4 members (excludes halogenated alkanes) is 2. The highest BCUT2D eigenvalue weighted by Gasteiger charge is 2.35. The van der Waals surface area contributed by atoms with Crippen molar-refractivity contribution in [3.8, 4) is 0 Å². The van der Waals surface area contributed by atoms with Crippen molar-refractivity contribution in [1.29, 1.82) is 0 Å². The standard InChI is InChI=1S/C13H22N2O3.C2H6/c1-3-4-5-7-14-11(16)6-8-15-12(17)9-10(2)13(15)18;1-2/h10H,3-9H2,1-2H3,(H,14,16);1-2H3. The predicted molar refractivity (Wildman–Crippen MR) is 79.0 cm³/mol. The first-order valence-corrected chi connectivity index (χ1v) is 7.67. The summed E-state index contributed by atoms with van der Waals surface area (Å²) in [6.07, 6.45) is 3.67. The minimum absolute atomic E-state index is 0.0914. The Hall–Kier alpha value is -1.39. The van der Waals surface area contributed by atoms with Crippen molar-refractivity contribution in [3.05, 3.63) is 0 Å². The summed E-state index contributed by atoms with van der Waals surface area (Å²) in [4.78, 5) is 35.8. The molecule has 116 valence electrons. The molecular weight excluding hydrogens is 256 g/mol. The normalized spacial score (nSPS) is 17.8. The van der Waals surface area contributed by atoms with E-state index in [2.05, 4.69) is 12.2 Å². The molecule has 0 aromatic rings. The molecule has 1 heterocycles. The fraction of sp³-hybridized carbons (Fsp3) is 0.800. The third kappa shape index (κ3) is 6.17. The Morgan fingerprint density at radius 2 is 1.95 bits per heavy atom. The zero-order valence-electron chi connectivity index (χ0n) is 13.2. The largest absolute Gasteiger partial charge is 0.356 e. The molecule has 0 saturated carbocycles. The molecule has 1 saturated heterocycles. The van der Waals surface area contributed by atoms with Crippen molar-refractivity contribution in [3.63, 3.8) is 0 Å². The highest BCUT2D eigenvalue weighted by atomic mass is 16.2. The van der Waals surface area contributed by atoms with Crippen LogP contribution in [-0.4, -0.2) is 35.7 Å². The lowest BCUT2D eigenvalue weighted by Gasteiger charge is -2.13. The second-order valence-corrected chi connectivity index (χ2v) is 4.80. The van der Waals surface area contributed by atoms with Crippen LogP contribution in [0.1, 0.15) is 59.8 Å². The lowest BCUT2D eigenvalue weighted by atomic mass is 10.1. The fourth-order valence-electron chi connectivity index (χ4n) is 1.99. The van der Waals surface area contributed by atoms with Crippen LogP contribution in [0.2, 0.25) is 0 Å². The Kier molecular flexibility index (Phi) is 9.68. The number of nitrogens with one attached hydrogen (secondary N) is 1. The van der Waals surface area contributed by atoms with Crippen molar-refractivity contribution >= 4 is 17.7 Å². The van der Waals surface area contributed by atoms with Crippen molar-refractivity contribution < 1.29 is 14.4 Å². The molecule has 1 aliphatic heterocycles. The monoisotopic (exact) mass is 284 g/mol. The van der Waals surface area contributed by atoms with Gasteiger partial charge in [-0.05, 0) is 6.42 Å². The Bertz CT molecular complexity index is 329. The average molecular weight is 284 g/mol. The van der Waals surface area contributed by atoms with E-state index in [1.54, 1.807) is 6.92 Å². The maximum absolute atomic E-state index is 11.6. The summed E-state index contributed by atoms with van der Waals surface area (Å²) in [5.41, 5.74) is 0. The van der Waals surface area contributed by atoms with Crippen molar-refractivity contribution in [2.45, 2.75) is 59.8 Å². The summed E-state index contributed by atoms with van der Waals surface area (Å²) >= 11 is 0. The summed E-state index contributed by atoms with van der Waals surface area (Å²) in [5, 5.41) is 2.79. The summed E-state index contributed by atoms with van der Waals surface area (Å²) in [6.45, 7) is 8.73. The molecule has 1 N–H and O–H groups in total. The van der Waals surface area contributed by atoms with Crippen molar-refractivity contribution in [1.82, 2.24) is 10.2 Å². The van der Waals surface area contributed by atoms with E-state index in [-0.39, 0.29) is 43.0 Å². The van der Waals surface area contributed by atoms with E-state index < -0.39 is 0 Å². The Morgan fingerprint density at radius 1 is 1.30 bits per heavy atom. The number of imide groups is 1. The molecular formula is C15H28N2O3. The SMILES string of the molecule is CC.CCCCCNC(=O)CCN1C(=O)CC(C)C1=O. The zero-order chi connectivity index (χ0) is 15.5. The van der Waals surface area contributed by atoms with Gasteiger partial charge in [-0.15, -0.1) is 0 Å². The molecule has 0 spiro atoms. The van der Waals surface area contributed by atoms with Crippen LogP contribution in [0.15, 0.2) is 0 Å². The van der Waals surface area contributed by atoms with E-state index in [0.29, 0.717) is 6.54 Å². The lowest BCUT2D eigenvalue weighted by molar-refractivity contribution is -0.139. The van der Waals surface area contributed by atoms with Gasteiger partial charge in [0.05, 0.1) is 0 Å². The van der Waals surface area contributed by atoms with Crippen LogP contribution in [0.4, 0.5) is 0 Å². The van der Waals surface area contributed by atoms with E-state index in [1.165, 1.54) is 4.90 Å². The molecule has 0 bridgehead atoms. The smallest absolute Gasteiger partial charge is 0.232 e. The van der Waals surface area contributed by atoms with Crippen LogP contribution in [-0.2, 0) is 14.4 Å². The third-order valence-corrected chi connectivity index (χ3v) is 3.13. The predicted octanol–water partition coefficient (Wildman–Crippen LogP) is 2.10. The minimum atomic E-state index is -0.231. The van der Waals surface area contributed by atoms with Gasteiger partial charge in [0, 0.05) is 31.8 Å². The number of carbonyl (C=O) groups is 3. The van der Waals surface area contributed by atoms with Gasteiger partial charge in [-0.25, -0.2) is 0 Å². The first-order chi connectivity index (χ1) is 9.56. The van der Waals surface area contributed by atoms with Gasteiger partial charge in [-0.2, -0.15) is 0 Å². The van der Waals surface area contributed by atoms with Gasteiger partial charge >= 0.3 is 0 Å². The van der Waals surface area contributed by atoms with Crippen LogP contribution in [0.25, 0.3) is 0 Å². The molecule has 1 rings (SSSR count). The van der Waals surface area contributed by atoms with Gasteiger partial charge in [0.15, 0.2) is 0 Å². The van der Waals surface area contributed by atoms with Gasteiger partial charge in [0.1, 0.15) is 0 Å². The summed E-state index contributed by atoms with van der Waals surface area (Å²) < 4.78 is 0. The van der Waals surface area contributed by atoms with Crippen LogP contribution >= 0.6 is 0 Å². The molecule has 3 amide bonds. The van der Waals surface area contributed by atoms with Crippen LogP contribution < -0.4 is 5.32 Å². The highest BCUT2D eigenvalue weighted by molar-refractivity contribution is 6.03. The molecule has 0 radical (unpaired) electrons. The number of amides is 3. The molecule has 20 heavy (non-hydrogen) atoms. The molecule has 1 aliphatic rings. The van der Waals surface area contributed by atoms with Gasteiger partial charge < -0.3 is 5.32 Å². The second kappa shape index (κ2) is 10.4. The topological polar surface area (TPSA) is 66.5 Å². The van der Waals surface area contributed by atoms with Crippen LogP contribution in [0, 0.1) is 5.92 Å². The minimum Gasteiger partial charge on any atom is -0.356 e. The number of hydrogen-bond acceptors (Lipinski definition) is 3. The van der Waals surface area contributed by atoms with E-state index >= 15 is 0 Å². The number of nitrogens with zero attached hydrogens (tertiary/aromatic N) is 1. The molecule has 0 aliphatic carbocycles. The van der Waals surface area contributed by atoms with Gasteiger partial charge in [0.2, 0.25) is 17.7 Å². The number of likely N-dealkylation sites (tertiary alicyclic amines) is 1. The summed E-state index contributed by atoms with van der Waals surface area (Å²) in [6, 6.07) is 0. The quantitative estimate of drug-likeness (QED) is 0.575. The number of rotatable bonds is 7. The molecule has 5 heteroatoms. The molecule has 1 unspecified atom stereocenters. The zero-order valence-corrected chi connectivity index (χ0v) is 13.2. The van der Waals surface area contributed by atoms with Crippen LogP contribution in [0.3, 0.4) is 0 Å². The molecule has 1 fully saturated rings. The van der Waals surface area contributed by atoms with E-state index in [9.17, 15) is 14.4 Å². The van der Waals surface area contributed by atoms with Gasteiger partial charge in [0.25, 0.3) is 0 Å². The number of carbonyl (C=O) groups excluding carboxylic acids is 3. The first kappa shape index (κ1) is 18.6. The second-order valence-electron chi connectivity index (χ2n) is 4.80. The van der Waals surface area contributed by atoms with E-state index in [0.717, 1.165) is 19.3 Å². The Balaban J connectivity index is 0.00000172.